The Bertz CT molecular complexity index is 703. The van der Waals surface area contributed by atoms with Gasteiger partial charge in [0.15, 0.2) is 0 Å². The summed E-state index contributed by atoms with van der Waals surface area (Å²) in [5.74, 6) is 3.72. The van der Waals surface area contributed by atoms with Crippen LogP contribution in [0.25, 0.3) is 0 Å². The summed E-state index contributed by atoms with van der Waals surface area (Å²) in [7, 11) is 0. The first-order valence-electron chi connectivity index (χ1n) is 10.2. The van der Waals surface area contributed by atoms with E-state index in [-0.39, 0.29) is 5.54 Å². The van der Waals surface area contributed by atoms with Crippen molar-refractivity contribution in [2.75, 3.05) is 6.26 Å². The fourth-order valence-corrected chi connectivity index (χ4v) is 7.20. The topological polar surface area (TPSA) is 23.6 Å². The Morgan fingerprint density at radius 2 is 1.65 bits per heavy atom. The van der Waals surface area contributed by atoms with Crippen LogP contribution in [0.1, 0.15) is 51.5 Å². The van der Waals surface area contributed by atoms with E-state index in [4.69, 9.17) is 0 Å². The SMILES string of the molecule is CSc1ccccc1CN1N(C2C3CC4CC(C3)CC2C4)C(=O)C1(C)C. The molecule has 26 heavy (non-hydrogen) atoms. The predicted octanol–water partition coefficient (Wildman–Crippen LogP) is 4.57. The predicted molar refractivity (Wildman–Crippen MR) is 106 cm³/mol. The number of hydrogen-bond acceptors (Lipinski definition) is 3. The Morgan fingerprint density at radius 1 is 1.04 bits per heavy atom. The molecule has 1 aromatic carbocycles. The summed E-state index contributed by atoms with van der Waals surface area (Å²) in [6.45, 7) is 5.05. The highest BCUT2D eigenvalue weighted by molar-refractivity contribution is 7.98. The summed E-state index contributed by atoms with van der Waals surface area (Å²) in [4.78, 5) is 14.5. The largest absolute Gasteiger partial charge is 0.271 e. The number of carbonyl (C=O) groups is 1. The van der Waals surface area contributed by atoms with E-state index in [9.17, 15) is 4.79 Å². The zero-order valence-corrected chi connectivity index (χ0v) is 17.0. The molecule has 4 aliphatic carbocycles. The van der Waals surface area contributed by atoms with E-state index in [0.717, 1.165) is 30.2 Å². The van der Waals surface area contributed by atoms with Crippen molar-refractivity contribution in [3.8, 4) is 0 Å². The van der Waals surface area contributed by atoms with Gasteiger partial charge in [-0.2, -0.15) is 5.01 Å². The third-order valence-electron chi connectivity index (χ3n) is 7.61. The molecule has 0 aromatic heterocycles. The molecule has 0 radical (unpaired) electrons. The van der Waals surface area contributed by atoms with Gasteiger partial charge in [0, 0.05) is 11.4 Å². The molecular formula is C22H30N2OS. The van der Waals surface area contributed by atoms with Gasteiger partial charge < -0.3 is 0 Å². The number of carbonyl (C=O) groups excluding carboxylic acids is 1. The molecule has 1 aromatic rings. The smallest absolute Gasteiger partial charge is 0.258 e. The van der Waals surface area contributed by atoms with Crippen molar-refractivity contribution in [2.45, 2.75) is 69.0 Å². The molecule has 0 spiro atoms. The van der Waals surface area contributed by atoms with Crippen LogP contribution in [-0.2, 0) is 11.3 Å². The molecule has 4 heteroatoms. The molecule has 0 atom stereocenters. The summed E-state index contributed by atoms with van der Waals surface area (Å²) in [5, 5.41) is 4.60. The van der Waals surface area contributed by atoms with E-state index < -0.39 is 0 Å². The molecule has 6 rings (SSSR count). The highest BCUT2D eigenvalue weighted by Gasteiger charge is 2.60. The first-order valence-corrected chi connectivity index (χ1v) is 11.4. The van der Waals surface area contributed by atoms with Crippen molar-refractivity contribution < 1.29 is 4.79 Å². The average molecular weight is 371 g/mol. The van der Waals surface area contributed by atoms with Gasteiger partial charge in [0.25, 0.3) is 5.91 Å². The second-order valence-corrected chi connectivity index (χ2v) is 10.3. The maximum absolute atomic E-state index is 13.1. The molecule has 1 saturated heterocycles. The Morgan fingerprint density at radius 3 is 2.27 bits per heavy atom. The molecule has 5 fully saturated rings. The summed E-state index contributed by atoms with van der Waals surface area (Å²) < 4.78 is 0. The number of hydrogen-bond donors (Lipinski definition) is 0. The van der Waals surface area contributed by atoms with Crippen molar-refractivity contribution in [1.82, 2.24) is 10.0 Å². The first-order chi connectivity index (χ1) is 12.5. The highest BCUT2D eigenvalue weighted by atomic mass is 32.2. The van der Waals surface area contributed by atoms with Gasteiger partial charge in [-0.3, -0.25) is 9.80 Å². The van der Waals surface area contributed by atoms with Crippen molar-refractivity contribution in [1.29, 1.82) is 0 Å². The summed E-state index contributed by atoms with van der Waals surface area (Å²) in [6.07, 6.45) is 9.03. The molecule has 140 valence electrons. The van der Waals surface area contributed by atoms with Crippen LogP contribution in [0, 0.1) is 23.7 Å². The van der Waals surface area contributed by atoms with Crippen LogP contribution in [0.5, 0.6) is 0 Å². The van der Waals surface area contributed by atoms with E-state index >= 15 is 0 Å². The zero-order chi connectivity index (χ0) is 18.1. The lowest BCUT2D eigenvalue weighted by molar-refractivity contribution is -0.251. The molecule has 0 N–H and O–H groups in total. The average Bonchev–Trinajstić information content (AvgIpc) is 2.62. The minimum atomic E-state index is -0.375. The van der Waals surface area contributed by atoms with Crippen LogP contribution in [0.4, 0.5) is 0 Å². The van der Waals surface area contributed by atoms with Gasteiger partial charge in [0.05, 0.1) is 6.04 Å². The minimum Gasteiger partial charge on any atom is -0.271 e. The molecule has 1 aliphatic heterocycles. The standard InChI is InChI=1S/C22H30N2OS/c1-22(2)21(25)24(23(22)13-16-6-4-5-7-19(16)26-3)20-17-9-14-8-15(11-17)12-18(20)10-14/h4-7,14-15,17-18,20H,8-13H2,1-3H3. The van der Waals surface area contributed by atoms with Crippen molar-refractivity contribution in [2.24, 2.45) is 23.7 Å². The van der Waals surface area contributed by atoms with Gasteiger partial charge in [-0.1, -0.05) is 18.2 Å². The van der Waals surface area contributed by atoms with Crippen LogP contribution in [0.15, 0.2) is 29.2 Å². The second-order valence-electron chi connectivity index (χ2n) is 9.50. The molecule has 4 bridgehead atoms. The molecule has 1 amide bonds. The fraction of sp³-hybridized carbons (Fsp3) is 0.682. The lowest BCUT2D eigenvalue weighted by Crippen LogP contribution is -2.79. The fourth-order valence-electron chi connectivity index (χ4n) is 6.59. The van der Waals surface area contributed by atoms with Crippen molar-refractivity contribution in [3.63, 3.8) is 0 Å². The van der Waals surface area contributed by atoms with E-state index in [0.29, 0.717) is 11.9 Å². The van der Waals surface area contributed by atoms with E-state index in [1.807, 2.05) is 0 Å². The summed E-state index contributed by atoms with van der Waals surface area (Å²) >= 11 is 1.80. The number of rotatable bonds is 4. The Hall–Kier alpha value is -1.00. The molecule has 5 aliphatic rings. The van der Waals surface area contributed by atoms with Gasteiger partial charge in [0.2, 0.25) is 0 Å². The second kappa shape index (κ2) is 6.00. The van der Waals surface area contributed by atoms with Crippen molar-refractivity contribution in [3.05, 3.63) is 29.8 Å². The van der Waals surface area contributed by atoms with Crippen molar-refractivity contribution >= 4 is 17.7 Å². The van der Waals surface area contributed by atoms with E-state index in [1.54, 1.807) is 11.8 Å². The zero-order valence-electron chi connectivity index (χ0n) is 16.1. The third-order valence-corrected chi connectivity index (χ3v) is 8.45. The number of amides is 1. The van der Waals surface area contributed by atoms with Gasteiger partial charge in [-0.25, -0.2) is 0 Å². The quantitative estimate of drug-likeness (QED) is 0.725. The Balaban J connectivity index is 1.43. The van der Waals surface area contributed by atoms with Crippen LogP contribution in [-0.4, -0.2) is 33.8 Å². The van der Waals surface area contributed by atoms with Crippen LogP contribution < -0.4 is 0 Å². The van der Waals surface area contributed by atoms with E-state index in [2.05, 4.69) is 54.4 Å². The van der Waals surface area contributed by atoms with Gasteiger partial charge in [0.1, 0.15) is 5.54 Å². The van der Waals surface area contributed by atoms with Gasteiger partial charge in [-0.05, 0) is 87.5 Å². The molecule has 0 unspecified atom stereocenters. The molecule has 4 saturated carbocycles. The third kappa shape index (κ3) is 2.41. The normalized spacial score (nSPS) is 37.9. The van der Waals surface area contributed by atoms with Gasteiger partial charge in [-0.15, -0.1) is 11.8 Å². The monoisotopic (exact) mass is 370 g/mol. The molecule has 3 nitrogen and oxygen atoms in total. The lowest BCUT2D eigenvalue weighted by atomic mass is 9.53. The summed E-state index contributed by atoms with van der Waals surface area (Å²) in [6, 6.07) is 9.11. The molecule has 1 heterocycles. The number of nitrogens with zero attached hydrogens (tertiary/aromatic N) is 2. The first kappa shape index (κ1) is 17.1. The maximum atomic E-state index is 13.1. The Labute approximate surface area is 161 Å². The number of thioether (sulfide) groups is 1. The van der Waals surface area contributed by atoms with E-state index in [1.165, 1.54) is 42.6 Å². The lowest BCUT2D eigenvalue weighted by Gasteiger charge is -2.65. The number of hydrazine groups is 1. The highest BCUT2D eigenvalue weighted by Crippen LogP contribution is 2.57. The van der Waals surface area contributed by atoms with Crippen LogP contribution >= 0.6 is 11.8 Å². The summed E-state index contributed by atoms with van der Waals surface area (Å²) in [5.41, 5.74) is 0.967. The Kier molecular flexibility index (Phi) is 3.95. The maximum Gasteiger partial charge on any atom is 0.258 e. The minimum absolute atomic E-state index is 0.344. The van der Waals surface area contributed by atoms with Crippen LogP contribution in [0.2, 0.25) is 0 Å². The molecular weight excluding hydrogens is 340 g/mol. The van der Waals surface area contributed by atoms with Crippen LogP contribution in [0.3, 0.4) is 0 Å². The number of benzene rings is 1. The van der Waals surface area contributed by atoms with Gasteiger partial charge >= 0.3 is 0 Å².